The van der Waals surface area contributed by atoms with E-state index in [0.29, 0.717) is 25.8 Å². The molecule has 2 aromatic carbocycles. The first kappa shape index (κ1) is 34.5. The van der Waals surface area contributed by atoms with Gasteiger partial charge in [-0.05, 0) is 88.2 Å². The molecule has 0 spiro atoms. The highest BCUT2D eigenvalue weighted by Gasteiger charge is 2.44. The van der Waals surface area contributed by atoms with E-state index < -0.39 is 41.6 Å². The molecule has 10 heteroatoms. The molecule has 234 valence electrons. The normalized spacial score (nSPS) is 23.6. The van der Waals surface area contributed by atoms with Crippen LogP contribution in [0.15, 0.2) is 42.5 Å². The number of carbonyl (C=O) groups excluding carboxylic acids is 1. The highest BCUT2D eigenvalue weighted by molar-refractivity contribution is 7.99. The van der Waals surface area contributed by atoms with E-state index in [2.05, 4.69) is 34.9 Å². The van der Waals surface area contributed by atoms with Crippen molar-refractivity contribution in [1.82, 2.24) is 15.5 Å². The Morgan fingerprint density at radius 1 is 1.05 bits per heavy atom. The first-order valence-corrected chi connectivity index (χ1v) is 15.9. The number of rotatable bonds is 14. The predicted octanol–water partition coefficient (Wildman–Crippen LogP) is 2.12. The van der Waals surface area contributed by atoms with Crippen LogP contribution in [0, 0.1) is 6.92 Å². The number of nitrogens with one attached hydrogen (secondary N) is 2. The summed E-state index contributed by atoms with van der Waals surface area (Å²) >= 11 is 1.30. The zero-order valence-corrected chi connectivity index (χ0v) is 26.5. The molecule has 42 heavy (non-hydrogen) atoms. The number of hydrogen-bond acceptors (Lipinski definition) is 9. The summed E-state index contributed by atoms with van der Waals surface area (Å²) in [6, 6.07) is 14.3. The maximum absolute atomic E-state index is 12.5. The van der Waals surface area contributed by atoms with Crippen LogP contribution in [0.2, 0.25) is 0 Å². The number of amides is 1. The van der Waals surface area contributed by atoms with Crippen LogP contribution in [0.5, 0.6) is 0 Å². The fraction of sp³-hybridized carbons (Fsp3) is 0.594. The molecule has 1 saturated heterocycles. The van der Waals surface area contributed by atoms with Gasteiger partial charge in [-0.1, -0.05) is 42.5 Å². The molecule has 1 aliphatic heterocycles. The van der Waals surface area contributed by atoms with Crippen molar-refractivity contribution in [3.8, 4) is 0 Å². The van der Waals surface area contributed by atoms with Gasteiger partial charge >= 0.3 is 0 Å². The largest absolute Gasteiger partial charge is 0.387 e. The Hall–Kier alpha value is -2.02. The van der Waals surface area contributed by atoms with Crippen LogP contribution in [0.25, 0.3) is 0 Å². The number of nitrogens with zero attached hydrogens (tertiary/aromatic N) is 1. The van der Waals surface area contributed by atoms with Crippen molar-refractivity contribution >= 4 is 17.7 Å². The second kappa shape index (κ2) is 15.6. The minimum absolute atomic E-state index is 0.0848. The molecule has 1 unspecified atom stereocenters. The van der Waals surface area contributed by atoms with Crippen LogP contribution in [-0.4, -0.2) is 100 Å². The lowest BCUT2D eigenvalue weighted by Gasteiger charge is -2.40. The Morgan fingerprint density at radius 3 is 2.36 bits per heavy atom. The summed E-state index contributed by atoms with van der Waals surface area (Å²) in [5, 5.41) is 47.6. The van der Waals surface area contributed by atoms with Crippen molar-refractivity contribution in [2.45, 2.75) is 88.1 Å². The second-order valence-electron chi connectivity index (χ2n) is 12.1. The van der Waals surface area contributed by atoms with Crippen molar-refractivity contribution < 1.29 is 30.0 Å². The maximum Gasteiger partial charge on any atom is 0.220 e. The minimum atomic E-state index is -1.28. The molecule has 3 rings (SSSR count). The van der Waals surface area contributed by atoms with Gasteiger partial charge in [-0.3, -0.25) is 10.1 Å². The zero-order valence-electron chi connectivity index (χ0n) is 25.7. The van der Waals surface area contributed by atoms with Crippen molar-refractivity contribution in [1.29, 1.82) is 0 Å². The molecular weight excluding hydrogens is 554 g/mol. The summed E-state index contributed by atoms with van der Waals surface area (Å²) in [4.78, 5) is 14.6. The topological polar surface area (TPSA) is 135 Å². The summed E-state index contributed by atoms with van der Waals surface area (Å²) in [7, 11) is 3.94. The lowest BCUT2D eigenvalue weighted by molar-refractivity contribution is -0.200. The van der Waals surface area contributed by atoms with Gasteiger partial charge in [-0.15, -0.1) is 11.8 Å². The molecule has 6 atom stereocenters. The molecule has 1 aliphatic rings. The zero-order chi connectivity index (χ0) is 31.0. The Morgan fingerprint density at radius 2 is 1.71 bits per heavy atom. The molecule has 0 saturated carbocycles. The summed E-state index contributed by atoms with van der Waals surface area (Å²) in [6.45, 7) is 7.09. The van der Waals surface area contributed by atoms with Gasteiger partial charge in [-0.25, -0.2) is 0 Å². The van der Waals surface area contributed by atoms with E-state index in [9.17, 15) is 25.2 Å². The fourth-order valence-electron chi connectivity index (χ4n) is 5.04. The van der Waals surface area contributed by atoms with Gasteiger partial charge < -0.3 is 35.4 Å². The van der Waals surface area contributed by atoms with Crippen LogP contribution in [0.3, 0.4) is 0 Å². The molecule has 0 radical (unpaired) electrons. The molecule has 0 aliphatic carbocycles. The predicted molar refractivity (Wildman–Crippen MR) is 167 cm³/mol. The number of thioether (sulfide) groups is 1. The van der Waals surface area contributed by atoms with Crippen LogP contribution < -0.4 is 10.6 Å². The lowest BCUT2D eigenvalue weighted by atomic mass is 9.91. The number of aryl methyl sites for hydroxylation is 2. The summed E-state index contributed by atoms with van der Waals surface area (Å²) in [5.74, 6) is -0.0848. The smallest absolute Gasteiger partial charge is 0.220 e. The quantitative estimate of drug-likeness (QED) is 0.180. The first-order valence-electron chi connectivity index (χ1n) is 14.6. The van der Waals surface area contributed by atoms with E-state index in [-0.39, 0.29) is 5.91 Å². The fourth-order valence-corrected chi connectivity index (χ4v) is 5.71. The Labute approximate surface area is 254 Å². The maximum atomic E-state index is 12.5. The van der Waals surface area contributed by atoms with E-state index in [1.807, 2.05) is 58.0 Å². The molecular formula is C32H49N3O6S. The Bertz CT molecular complexity index is 1140. The number of aliphatic hydroxyl groups is 4. The number of likely N-dealkylation sites (N-methyl/N-ethyl adjacent to an activating group) is 1. The van der Waals surface area contributed by atoms with Crippen LogP contribution in [-0.2, 0) is 22.4 Å². The lowest BCUT2D eigenvalue weighted by Crippen LogP contribution is -2.58. The summed E-state index contributed by atoms with van der Waals surface area (Å²) < 4.78 is 5.95. The molecule has 0 bridgehead atoms. The Balaban J connectivity index is 1.52. The number of ether oxygens (including phenoxy) is 1. The molecule has 1 amide bonds. The third-order valence-electron chi connectivity index (χ3n) is 7.83. The first-order chi connectivity index (χ1) is 19.8. The van der Waals surface area contributed by atoms with Gasteiger partial charge in [0.25, 0.3) is 0 Å². The van der Waals surface area contributed by atoms with E-state index in [1.54, 1.807) is 6.26 Å². The van der Waals surface area contributed by atoms with Gasteiger partial charge in [0.15, 0.2) is 0 Å². The number of benzene rings is 2. The van der Waals surface area contributed by atoms with Crippen LogP contribution >= 0.6 is 11.8 Å². The van der Waals surface area contributed by atoms with E-state index >= 15 is 0 Å². The highest BCUT2D eigenvalue weighted by Crippen LogP contribution is 2.36. The third kappa shape index (κ3) is 9.49. The van der Waals surface area contributed by atoms with Crippen molar-refractivity contribution in [2.24, 2.45) is 0 Å². The molecule has 9 nitrogen and oxygen atoms in total. The molecule has 6 N–H and O–H groups in total. The molecule has 0 aromatic heterocycles. The number of carbonyl (C=O) groups is 1. The average Bonchev–Trinajstić information content (AvgIpc) is 2.93. The van der Waals surface area contributed by atoms with Crippen LogP contribution in [0.4, 0.5) is 0 Å². The van der Waals surface area contributed by atoms with Gasteiger partial charge in [0.1, 0.15) is 36.1 Å². The second-order valence-corrected chi connectivity index (χ2v) is 13.0. The van der Waals surface area contributed by atoms with Gasteiger partial charge in [0.2, 0.25) is 5.91 Å². The van der Waals surface area contributed by atoms with Crippen molar-refractivity contribution in [2.75, 3.05) is 33.4 Å². The van der Waals surface area contributed by atoms with Crippen molar-refractivity contribution in [3.63, 3.8) is 0 Å². The average molecular weight is 604 g/mol. The minimum Gasteiger partial charge on any atom is -0.387 e. The Kier molecular flexibility index (Phi) is 12.8. The third-order valence-corrected chi connectivity index (χ3v) is 8.69. The van der Waals surface area contributed by atoms with Gasteiger partial charge in [0.05, 0.1) is 5.54 Å². The summed E-state index contributed by atoms with van der Waals surface area (Å²) in [6.07, 6.45) is -0.876. The highest BCUT2D eigenvalue weighted by atomic mass is 32.2. The number of hydrogen-bond donors (Lipinski definition) is 6. The van der Waals surface area contributed by atoms with E-state index in [4.69, 9.17) is 4.74 Å². The SMILES string of the molecule is CS[C@H]1O[C@@H](c2ccc(C)c(Cc3ccc(CCCC(=O)NC(C)(C)C(O)NCCN(C)C)cc3)c2)[C@H](O)[C@@H](O)[C@@H]1O. The monoisotopic (exact) mass is 603 g/mol. The molecule has 1 heterocycles. The standard InChI is InChI=1S/C32H49N3O6S/c1-20-10-15-23(29-27(38)26(37)28(39)30(41-29)42-6)19-24(20)18-22-13-11-21(12-14-22)8-7-9-25(36)34-32(2,3)31(40)33-16-17-35(4)5/h10-15,19,26-31,33,37-40H,7-9,16-18H2,1-6H3,(H,34,36)/t26-,27-,28+,29+,30-,31?/m1/s1. The summed E-state index contributed by atoms with van der Waals surface area (Å²) in [5.41, 5.74) is 3.86. The van der Waals surface area contributed by atoms with E-state index in [0.717, 1.165) is 40.8 Å². The van der Waals surface area contributed by atoms with Gasteiger partial charge in [-0.2, -0.15) is 0 Å². The van der Waals surface area contributed by atoms with Gasteiger partial charge in [0, 0.05) is 19.5 Å². The molecule has 1 fully saturated rings. The van der Waals surface area contributed by atoms with E-state index in [1.165, 1.54) is 11.8 Å². The number of aliphatic hydroxyl groups excluding tert-OH is 4. The van der Waals surface area contributed by atoms with Crippen LogP contribution in [0.1, 0.15) is 60.6 Å². The molecule has 2 aromatic rings. The van der Waals surface area contributed by atoms with Crippen molar-refractivity contribution in [3.05, 3.63) is 70.3 Å².